The molecular formula is C22H25N3O2S. The van der Waals surface area contributed by atoms with Gasteiger partial charge in [-0.05, 0) is 41.6 Å². The lowest BCUT2D eigenvalue weighted by Gasteiger charge is -2.35. The molecular weight excluding hydrogens is 370 g/mol. The number of amides is 1. The lowest BCUT2D eigenvalue weighted by Crippen LogP contribution is -2.52. The van der Waals surface area contributed by atoms with Crippen LogP contribution in [0, 0.1) is 0 Å². The summed E-state index contributed by atoms with van der Waals surface area (Å²) in [5.41, 5.74) is 2.24. The van der Waals surface area contributed by atoms with E-state index in [1.807, 2.05) is 30.3 Å². The summed E-state index contributed by atoms with van der Waals surface area (Å²) in [6.07, 6.45) is 3.26. The number of nitrogens with one attached hydrogen (secondary N) is 1. The van der Waals surface area contributed by atoms with Crippen molar-refractivity contribution in [2.75, 3.05) is 33.3 Å². The fourth-order valence-electron chi connectivity index (χ4n) is 3.06. The van der Waals surface area contributed by atoms with Crippen molar-refractivity contribution >= 4 is 29.3 Å². The molecule has 5 nitrogen and oxygen atoms in total. The molecule has 2 aromatic rings. The largest absolute Gasteiger partial charge is 0.497 e. The zero-order valence-corrected chi connectivity index (χ0v) is 16.8. The van der Waals surface area contributed by atoms with Crippen molar-refractivity contribution in [3.63, 3.8) is 0 Å². The minimum atomic E-state index is -0.215. The standard InChI is InChI=1S/C22H25N3O2S/c1-27-20-10-7-18(8-11-20)9-12-21(26)23-22(28)25-15-13-24(14-16-25)17-19-5-3-2-4-6-19/h2-12H,13-17H2,1H3,(H,23,26,28). The fourth-order valence-corrected chi connectivity index (χ4v) is 3.35. The summed E-state index contributed by atoms with van der Waals surface area (Å²) in [6, 6.07) is 18.0. The minimum Gasteiger partial charge on any atom is -0.497 e. The van der Waals surface area contributed by atoms with E-state index in [2.05, 4.69) is 39.4 Å². The van der Waals surface area contributed by atoms with Gasteiger partial charge in [0.15, 0.2) is 5.11 Å². The second kappa shape index (κ2) is 10.0. The van der Waals surface area contributed by atoms with Gasteiger partial charge >= 0.3 is 0 Å². The third-order valence-electron chi connectivity index (χ3n) is 4.68. The van der Waals surface area contributed by atoms with Crippen LogP contribution >= 0.6 is 12.2 Å². The molecule has 1 fully saturated rings. The molecule has 146 valence electrons. The maximum atomic E-state index is 12.2. The van der Waals surface area contributed by atoms with Crippen LogP contribution in [0.2, 0.25) is 0 Å². The van der Waals surface area contributed by atoms with Crippen LogP contribution < -0.4 is 10.1 Å². The van der Waals surface area contributed by atoms with E-state index in [0.29, 0.717) is 5.11 Å². The summed E-state index contributed by atoms with van der Waals surface area (Å²) in [5, 5.41) is 3.28. The first-order chi connectivity index (χ1) is 13.6. The molecule has 3 rings (SSSR count). The molecule has 0 spiro atoms. The van der Waals surface area contributed by atoms with E-state index < -0.39 is 0 Å². The molecule has 1 N–H and O–H groups in total. The number of benzene rings is 2. The van der Waals surface area contributed by atoms with Gasteiger partial charge in [-0.3, -0.25) is 15.0 Å². The van der Waals surface area contributed by atoms with Crippen molar-refractivity contribution in [3.05, 3.63) is 71.8 Å². The number of nitrogens with zero attached hydrogens (tertiary/aromatic N) is 2. The highest BCUT2D eigenvalue weighted by atomic mass is 32.1. The van der Waals surface area contributed by atoms with E-state index in [1.165, 1.54) is 11.6 Å². The van der Waals surface area contributed by atoms with E-state index in [0.717, 1.165) is 44.0 Å². The Morgan fingerprint density at radius 3 is 2.39 bits per heavy atom. The number of hydrogen-bond donors (Lipinski definition) is 1. The topological polar surface area (TPSA) is 44.8 Å². The summed E-state index contributed by atoms with van der Waals surface area (Å²) in [4.78, 5) is 16.6. The van der Waals surface area contributed by atoms with Gasteiger partial charge in [0.05, 0.1) is 7.11 Å². The normalized spacial score (nSPS) is 14.8. The Labute approximate surface area is 171 Å². The van der Waals surface area contributed by atoms with E-state index in [4.69, 9.17) is 17.0 Å². The molecule has 28 heavy (non-hydrogen) atoms. The molecule has 1 saturated heterocycles. The molecule has 0 atom stereocenters. The summed E-state index contributed by atoms with van der Waals surface area (Å²) < 4.78 is 5.13. The summed E-state index contributed by atoms with van der Waals surface area (Å²) >= 11 is 5.41. The molecule has 1 aliphatic heterocycles. The highest BCUT2D eigenvalue weighted by Gasteiger charge is 2.19. The molecule has 1 amide bonds. The second-order valence-electron chi connectivity index (χ2n) is 6.65. The summed E-state index contributed by atoms with van der Waals surface area (Å²) in [6.45, 7) is 4.42. The van der Waals surface area contributed by atoms with Crippen molar-refractivity contribution < 1.29 is 9.53 Å². The van der Waals surface area contributed by atoms with E-state index in [1.54, 1.807) is 13.2 Å². The molecule has 2 aromatic carbocycles. The Morgan fingerprint density at radius 2 is 1.75 bits per heavy atom. The fraction of sp³-hybridized carbons (Fsp3) is 0.273. The third kappa shape index (κ3) is 5.90. The first-order valence-corrected chi connectivity index (χ1v) is 9.73. The lowest BCUT2D eigenvalue weighted by atomic mass is 10.2. The van der Waals surface area contributed by atoms with Gasteiger partial charge < -0.3 is 9.64 Å². The number of methoxy groups -OCH3 is 1. The Hall–Kier alpha value is -2.70. The number of carbonyl (C=O) groups is 1. The molecule has 0 unspecified atom stereocenters. The van der Waals surface area contributed by atoms with Crippen LogP contribution in [0.3, 0.4) is 0 Å². The van der Waals surface area contributed by atoms with Crippen LogP contribution in [-0.4, -0.2) is 54.1 Å². The molecule has 1 aliphatic rings. The van der Waals surface area contributed by atoms with Gasteiger partial charge in [0, 0.05) is 38.8 Å². The molecule has 0 radical (unpaired) electrons. The Bertz CT molecular complexity index is 813. The Morgan fingerprint density at radius 1 is 1.07 bits per heavy atom. The zero-order valence-electron chi connectivity index (χ0n) is 16.0. The van der Waals surface area contributed by atoms with Crippen molar-refractivity contribution in [2.45, 2.75) is 6.54 Å². The molecule has 1 heterocycles. The van der Waals surface area contributed by atoms with Gasteiger partial charge in [0.25, 0.3) is 0 Å². The van der Waals surface area contributed by atoms with Gasteiger partial charge in [-0.15, -0.1) is 0 Å². The summed E-state index contributed by atoms with van der Waals surface area (Å²) in [5.74, 6) is 0.571. The van der Waals surface area contributed by atoms with Crippen LogP contribution in [0.5, 0.6) is 5.75 Å². The van der Waals surface area contributed by atoms with E-state index in [9.17, 15) is 4.79 Å². The number of carbonyl (C=O) groups excluding carboxylic acids is 1. The minimum absolute atomic E-state index is 0.215. The number of ether oxygens (including phenoxy) is 1. The van der Waals surface area contributed by atoms with Crippen molar-refractivity contribution in [3.8, 4) is 5.75 Å². The lowest BCUT2D eigenvalue weighted by molar-refractivity contribution is -0.115. The van der Waals surface area contributed by atoms with E-state index >= 15 is 0 Å². The van der Waals surface area contributed by atoms with Crippen LogP contribution in [-0.2, 0) is 11.3 Å². The number of rotatable bonds is 5. The maximum Gasteiger partial charge on any atom is 0.250 e. The molecule has 0 saturated carbocycles. The molecule has 0 aliphatic carbocycles. The predicted octanol–water partition coefficient (Wildman–Crippen LogP) is 2.93. The highest BCUT2D eigenvalue weighted by Crippen LogP contribution is 2.12. The van der Waals surface area contributed by atoms with Gasteiger partial charge in [-0.1, -0.05) is 42.5 Å². The smallest absolute Gasteiger partial charge is 0.250 e. The van der Waals surface area contributed by atoms with Gasteiger partial charge in [-0.25, -0.2) is 0 Å². The van der Waals surface area contributed by atoms with Crippen LogP contribution in [0.1, 0.15) is 11.1 Å². The van der Waals surface area contributed by atoms with Crippen LogP contribution in [0.15, 0.2) is 60.7 Å². The van der Waals surface area contributed by atoms with Crippen molar-refractivity contribution in [1.82, 2.24) is 15.1 Å². The molecule has 0 aromatic heterocycles. The van der Waals surface area contributed by atoms with Crippen molar-refractivity contribution in [1.29, 1.82) is 0 Å². The molecule has 6 heteroatoms. The number of thiocarbonyl (C=S) groups is 1. The number of hydrogen-bond acceptors (Lipinski definition) is 4. The quantitative estimate of drug-likeness (QED) is 0.623. The zero-order chi connectivity index (χ0) is 19.8. The van der Waals surface area contributed by atoms with E-state index in [-0.39, 0.29) is 5.91 Å². The average molecular weight is 396 g/mol. The first-order valence-electron chi connectivity index (χ1n) is 9.32. The average Bonchev–Trinajstić information content (AvgIpc) is 2.74. The monoisotopic (exact) mass is 395 g/mol. The Balaban J connectivity index is 1.43. The highest BCUT2D eigenvalue weighted by molar-refractivity contribution is 7.80. The first kappa shape index (κ1) is 20.0. The predicted molar refractivity (Wildman–Crippen MR) is 116 cm³/mol. The van der Waals surface area contributed by atoms with Gasteiger partial charge in [0.2, 0.25) is 5.91 Å². The van der Waals surface area contributed by atoms with Crippen molar-refractivity contribution in [2.24, 2.45) is 0 Å². The molecule has 0 bridgehead atoms. The third-order valence-corrected chi connectivity index (χ3v) is 5.04. The SMILES string of the molecule is COc1ccc(C=CC(=O)NC(=S)N2CCN(Cc3ccccc3)CC2)cc1. The number of piperazine rings is 1. The Kier molecular flexibility index (Phi) is 7.17. The second-order valence-corrected chi connectivity index (χ2v) is 7.04. The summed E-state index contributed by atoms with van der Waals surface area (Å²) in [7, 11) is 1.63. The van der Waals surface area contributed by atoms with Gasteiger partial charge in [-0.2, -0.15) is 0 Å². The van der Waals surface area contributed by atoms with Crippen LogP contribution in [0.4, 0.5) is 0 Å². The van der Waals surface area contributed by atoms with Gasteiger partial charge in [0.1, 0.15) is 5.75 Å². The van der Waals surface area contributed by atoms with Crippen LogP contribution in [0.25, 0.3) is 6.08 Å². The maximum absolute atomic E-state index is 12.2.